The molecule has 2 aromatic rings. The van der Waals surface area contributed by atoms with Crippen molar-refractivity contribution in [3.63, 3.8) is 0 Å². The molecule has 1 fully saturated rings. The largest absolute Gasteiger partial charge is 0.573 e. The van der Waals surface area contributed by atoms with Gasteiger partial charge in [0, 0.05) is 31.7 Å². The second kappa shape index (κ2) is 10.9. The second-order valence-corrected chi connectivity index (χ2v) is 6.19. The maximum atomic E-state index is 13.9. The van der Waals surface area contributed by atoms with Gasteiger partial charge in [-0.1, -0.05) is 12.1 Å². The van der Waals surface area contributed by atoms with Gasteiger partial charge in [0.2, 0.25) is 0 Å². The third-order valence-electron chi connectivity index (χ3n) is 4.43. The highest BCUT2D eigenvalue weighted by Gasteiger charge is 2.31. The van der Waals surface area contributed by atoms with Crippen LogP contribution in [0.5, 0.6) is 11.5 Å². The standard InChI is InChI=1S/C19H20F4N2O2.2ClH/c1-26-17-7-4-14(20)12-16(17)18(25-10-8-24-9-11-25)13-2-5-15(6-3-13)27-19(21,22)23;;/h2-7,12,18,24H,8-11H2,1H3;2*1H/t18-;;/m1../s1. The molecule has 3 rings (SSSR count). The van der Waals surface area contributed by atoms with Gasteiger partial charge in [-0.05, 0) is 35.9 Å². The number of ether oxygens (including phenoxy) is 2. The van der Waals surface area contributed by atoms with Gasteiger partial charge in [0.25, 0.3) is 0 Å². The molecule has 0 spiro atoms. The zero-order chi connectivity index (χ0) is 19.4. The minimum Gasteiger partial charge on any atom is -0.496 e. The van der Waals surface area contributed by atoms with Crippen molar-refractivity contribution in [2.75, 3.05) is 33.3 Å². The first-order chi connectivity index (χ1) is 12.9. The maximum Gasteiger partial charge on any atom is 0.573 e. The molecule has 0 aliphatic carbocycles. The van der Waals surface area contributed by atoms with E-state index in [0.717, 1.165) is 18.7 Å². The van der Waals surface area contributed by atoms with Crippen LogP contribution in [0.1, 0.15) is 17.2 Å². The lowest BCUT2D eigenvalue weighted by molar-refractivity contribution is -0.274. The molecule has 1 N–H and O–H groups in total. The molecule has 29 heavy (non-hydrogen) atoms. The molecule has 0 bridgehead atoms. The fourth-order valence-electron chi connectivity index (χ4n) is 3.30. The molecule has 1 atom stereocenters. The Morgan fingerprint density at radius 2 is 1.62 bits per heavy atom. The molecule has 0 radical (unpaired) electrons. The lowest BCUT2D eigenvalue weighted by Crippen LogP contribution is -2.45. The molecule has 10 heteroatoms. The zero-order valence-electron chi connectivity index (χ0n) is 15.5. The van der Waals surface area contributed by atoms with Gasteiger partial charge in [-0.3, -0.25) is 4.90 Å². The van der Waals surface area contributed by atoms with Crippen molar-refractivity contribution in [2.45, 2.75) is 12.4 Å². The molecule has 0 saturated carbocycles. The van der Waals surface area contributed by atoms with E-state index in [2.05, 4.69) is 15.0 Å². The van der Waals surface area contributed by atoms with Gasteiger partial charge >= 0.3 is 6.36 Å². The third kappa shape index (κ3) is 6.64. The highest BCUT2D eigenvalue weighted by atomic mass is 35.5. The minimum atomic E-state index is -4.74. The lowest BCUT2D eigenvalue weighted by Gasteiger charge is -2.36. The van der Waals surface area contributed by atoms with Crippen molar-refractivity contribution in [2.24, 2.45) is 0 Å². The summed E-state index contributed by atoms with van der Waals surface area (Å²) in [5.74, 6) is -0.171. The monoisotopic (exact) mass is 456 g/mol. The van der Waals surface area contributed by atoms with Crippen molar-refractivity contribution in [3.05, 3.63) is 59.4 Å². The Balaban J connectivity index is 0.00000210. The molecule has 2 aromatic carbocycles. The van der Waals surface area contributed by atoms with E-state index in [-0.39, 0.29) is 36.6 Å². The predicted molar refractivity (Wildman–Crippen MR) is 107 cm³/mol. The molecule has 162 valence electrons. The Labute approximate surface area is 179 Å². The summed E-state index contributed by atoms with van der Waals surface area (Å²) in [5.41, 5.74) is 1.36. The van der Waals surface area contributed by atoms with Gasteiger partial charge in [-0.2, -0.15) is 0 Å². The maximum absolute atomic E-state index is 13.9. The highest BCUT2D eigenvalue weighted by Crippen LogP contribution is 2.36. The summed E-state index contributed by atoms with van der Waals surface area (Å²) in [4.78, 5) is 2.15. The molecular weight excluding hydrogens is 435 g/mol. The normalized spacial score (nSPS) is 15.6. The number of piperazine rings is 1. The van der Waals surface area contributed by atoms with Crippen LogP contribution in [0, 0.1) is 5.82 Å². The van der Waals surface area contributed by atoms with Crippen molar-refractivity contribution in [1.29, 1.82) is 0 Å². The number of methoxy groups -OCH3 is 1. The van der Waals surface area contributed by atoms with Crippen LogP contribution in [0.15, 0.2) is 42.5 Å². The summed E-state index contributed by atoms with van der Waals surface area (Å²) in [6, 6.07) is 9.60. The quantitative estimate of drug-likeness (QED) is 0.668. The number of rotatable bonds is 5. The summed E-state index contributed by atoms with van der Waals surface area (Å²) in [7, 11) is 1.51. The Hall–Kier alpha value is -1.74. The number of alkyl halides is 3. The van der Waals surface area contributed by atoms with Crippen molar-refractivity contribution >= 4 is 24.8 Å². The van der Waals surface area contributed by atoms with E-state index >= 15 is 0 Å². The van der Waals surface area contributed by atoms with E-state index in [1.165, 1.54) is 31.4 Å². The molecule has 1 aliphatic rings. The first-order valence-corrected chi connectivity index (χ1v) is 8.51. The fraction of sp³-hybridized carbons (Fsp3) is 0.368. The van der Waals surface area contributed by atoms with Gasteiger partial charge < -0.3 is 14.8 Å². The van der Waals surface area contributed by atoms with Gasteiger partial charge in [-0.25, -0.2) is 4.39 Å². The summed E-state index contributed by atoms with van der Waals surface area (Å²) >= 11 is 0. The highest BCUT2D eigenvalue weighted by molar-refractivity contribution is 5.85. The van der Waals surface area contributed by atoms with Crippen LogP contribution in [0.4, 0.5) is 17.6 Å². The smallest absolute Gasteiger partial charge is 0.496 e. The number of hydrogen-bond donors (Lipinski definition) is 1. The summed E-state index contributed by atoms with van der Waals surface area (Å²) in [6.45, 7) is 2.96. The van der Waals surface area contributed by atoms with E-state index in [1.54, 1.807) is 18.2 Å². The molecular formula is C19H22Cl2F4N2O2. The Morgan fingerprint density at radius 1 is 1.00 bits per heavy atom. The zero-order valence-corrected chi connectivity index (χ0v) is 17.2. The molecule has 1 aliphatic heterocycles. The van der Waals surface area contributed by atoms with Crippen molar-refractivity contribution in [1.82, 2.24) is 10.2 Å². The number of nitrogens with one attached hydrogen (secondary N) is 1. The second-order valence-electron chi connectivity index (χ2n) is 6.19. The van der Waals surface area contributed by atoms with Gasteiger partial charge in [-0.15, -0.1) is 38.0 Å². The number of nitrogens with zero attached hydrogens (tertiary/aromatic N) is 1. The third-order valence-corrected chi connectivity index (χ3v) is 4.43. The van der Waals surface area contributed by atoms with Crippen LogP contribution >= 0.6 is 24.8 Å². The first kappa shape index (κ1) is 25.3. The molecule has 4 nitrogen and oxygen atoms in total. The molecule has 0 aromatic heterocycles. The van der Waals surface area contributed by atoms with Crippen LogP contribution < -0.4 is 14.8 Å². The van der Waals surface area contributed by atoms with Crippen molar-refractivity contribution in [3.8, 4) is 11.5 Å². The molecule has 1 heterocycles. The number of benzene rings is 2. The van der Waals surface area contributed by atoms with E-state index < -0.39 is 12.2 Å². The average Bonchev–Trinajstić information content (AvgIpc) is 2.63. The average molecular weight is 457 g/mol. The van der Waals surface area contributed by atoms with Crippen LogP contribution in [-0.2, 0) is 0 Å². The van der Waals surface area contributed by atoms with Crippen LogP contribution in [-0.4, -0.2) is 44.6 Å². The Bertz CT molecular complexity index is 770. The first-order valence-electron chi connectivity index (χ1n) is 8.51. The van der Waals surface area contributed by atoms with E-state index in [4.69, 9.17) is 4.74 Å². The van der Waals surface area contributed by atoms with E-state index in [1.807, 2.05) is 0 Å². The van der Waals surface area contributed by atoms with Gasteiger partial charge in [0.1, 0.15) is 17.3 Å². The predicted octanol–water partition coefficient (Wildman–Crippen LogP) is 4.57. The van der Waals surface area contributed by atoms with Crippen molar-refractivity contribution < 1.29 is 27.0 Å². The summed E-state index contributed by atoms with van der Waals surface area (Å²) in [6.07, 6.45) is -4.74. The summed E-state index contributed by atoms with van der Waals surface area (Å²) < 4.78 is 60.5. The van der Waals surface area contributed by atoms with Crippen LogP contribution in [0.3, 0.4) is 0 Å². The number of halogens is 6. The van der Waals surface area contributed by atoms with Gasteiger partial charge in [0.05, 0.1) is 13.2 Å². The topological polar surface area (TPSA) is 33.7 Å². The van der Waals surface area contributed by atoms with Crippen LogP contribution in [0.2, 0.25) is 0 Å². The van der Waals surface area contributed by atoms with Gasteiger partial charge in [0.15, 0.2) is 0 Å². The SMILES string of the molecule is COc1ccc(F)cc1[C@@H](c1ccc(OC(F)(F)F)cc1)N1CCNCC1.Cl.Cl. The molecule has 0 unspecified atom stereocenters. The molecule has 0 amide bonds. The van der Waals surface area contributed by atoms with Crippen LogP contribution in [0.25, 0.3) is 0 Å². The lowest BCUT2D eigenvalue weighted by atomic mass is 9.95. The molecule has 1 saturated heterocycles. The minimum absolute atomic E-state index is 0. The fourth-order valence-corrected chi connectivity index (χ4v) is 3.30. The Morgan fingerprint density at radius 3 is 2.17 bits per heavy atom. The van der Waals surface area contributed by atoms with E-state index in [0.29, 0.717) is 24.4 Å². The summed E-state index contributed by atoms with van der Waals surface area (Å²) in [5, 5.41) is 3.26. The Kier molecular flexibility index (Phi) is 9.48. The number of hydrogen-bond acceptors (Lipinski definition) is 4. The van der Waals surface area contributed by atoms with E-state index in [9.17, 15) is 17.6 Å².